The lowest BCUT2D eigenvalue weighted by Gasteiger charge is -2.33. The molecule has 0 aromatic rings. The molecule has 0 saturated heterocycles. The quantitative estimate of drug-likeness (QED) is 0.548. The van der Waals surface area contributed by atoms with Gasteiger partial charge in [-0.1, -0.05) is 13.5 Å². The van der Waals surface area contributed by atoms with E-state index in [1.165, 1.54) is 6.08 Å². The molecule has 0 bridgehead atoms. The van der Waals surface area contributed by atoms with Crippen molar-refractivity contribution in [3.05, 3.63) is 12.7 Å². The Balaban J connectivity index is 0. The van der Waals surface area contributed by atoms with Gasteiger partial charge in [-0.05, 0) is 26.6 Å². The third-order valence-electron chi connectivity index (χ3n) is 1.98. The van der Waals surface area contributed by atoms with Crippen molar-refractivity contribution >= 4 is 18.3 Å². The molecular weight excluding hydrogens is 202 g/mol. The third-order valence-corrected chi connectivity index (χ3v) is 1.98. The van der Waals surface area contributed by atoms with Crippen molar-refractivity contribution in [2.24, 2.45) is 5.73 Å². The molecule has 14 heavy (non-hydrogen) atoms. The molecule has 5 heteroatoms. The maximum atomic E-state index is 11.3. The largest absolute Gasteiger partial charge is 0.314 e. The highest BCUT2D eigenvalue weighted by Gasteiger charge is 2.20. The van der Waals surface area contributed by atoms with Crippen LogP contribution >= 0.6 is 12.4 Å². The standard InChI is InChI=1S/C9H19N3O.ClH/c1-5-8(11(3)4)12(7-10)9(13)6-2;/h6,8H,2,5,7,10H2,1,3-4H3;1H. The zero-order valence-corrected chi connectivity index (χ0v) is 9.88. The fourth-order valence-electron chi connectivity index (χ4n) is 1.34. The van der Waals surface area contributed by atoms with Gasteiger partial charge in [0.25, 0.3) is 0 Å². The molecule has 0 spiro atoms. The van der Waals surface area contributed by atoms with Crippen LogP contribution in [0.1, 0.15) is 13.3 Å². The van der Waals surface area contributed by atoms with Gasteiger partial charge in [-0.25, -0.2) is 0 Å². The maximum Gasteiger partial charge on any atom is 0.248 e. The smallest absolute Gasteiger partial charge is 0.248 e. The lowest BCUT2D eigenvalue weighted by Crippen LogP contribution is -2.49. The van der Waals surface area contributed by atoms with Crippen molar-refractivity contribution in [2.45, 2.75) is 19.5 Å². The Kier molecular flexibility index (Phi) is 8.83. The summed E-state index contributed by atoms with van der Waals surface area (Å²) in [5.74, 6) is -0.122. The topological polar surface area (TPSA) is 49.6 Å². The van der Waals surface area contributed by atoms with E-state index in [2.05, 4.69) is 6.58 Å². The molecule has 0 aromatic heterocycles. The number of nitrogens with zero attached hydrogens (tertiary/aromatic N) is 2. The minimum absolute atomic E-state index is 0. The highest BCUT2D eigenvalue weighted by atomic mass is 35.5. The first-order chi connectivity index (χ1) is 6.08. The van der Waals surface area contributed by atoms with Crippen LogP contribution in [0.3, 0.4) is 0 Å². The summed E-state index contributed by atoms with van der Waals surface area (Å²) >= 11 is 0. The Bertz CT molecular complexity index is 185. The van der Waals surface area contributed by atoms with E-state index in [0.29, 0.717) is 0 Å². The summed E-state index contributed by atoms with van der Waals surface area (Å²) < 4.78 is 0. The van der Waals surface area contributed by atoms with Gasteiger partial charge in [0.15, 0.2) is 0 Å². The maximum absolute atomic E-state index is 11.3. The van der Waals surface area contributed by atoms with Crippen molar-refractivity contribution in [3.63, 3.8) is 0 Å². The zero-order chi connectivity index (χ0) is 10.4. The molecular formula is C9H20ClN3O. The van der Waals surface area contributed by atoms with E-state index in [4.69, 9.17) is 5.73 Å². The Labute approximate surface area is 92.1 Å². The monoisotopic (exact) mass is 221 g/mol. The number of carbonyl (C=O) groups excluding carboxylic acids is 1. The minimum Gasteiger partial charge on any atom is -0.314 e. The van der Waals surface area contributed by atoms with E-state index in [-0.39, 0.29) is 31.1 Å². The second kappa shape index (κ2) is 7.79. The van der Waals surface area contributed by atoms with Gasteiger partial charge >= 0.3 is 0 Å². The molecule has 0 heterocycles. The second-order valence-electron chi connectivity index (χ2n) is 3.05. The van der Waals surface area contributed by atoms with Crippen LogP contribution in [0.2, 0.25) is 0 Å². The molecule has 1 amide bonds. The molecule has 1 unspecified atom stereocenters. The lowest BCUT2D eigenvalue weighted by molar-refractivity contribution is -0.131. The van der Waals surface area contributed by atoms with Crippen molar-refractivity contribution < 1.29 is 4.79 Å². The van der Waals surface area contributed by atoms with Crippen LogP contribution < -0.4 is 5.73 Å². The average molecular weight is 222 g/mol. The number of rotatable bonds is 5. The van der Waals surface area contributed by atoms with E-state index in [1.807, 2.05) is 25.9 Å². The highest BCUT2D eigenvalue weighted by Crippen LogP contribution is 2.05. The average Bonchev–Trinajstić information content (AvgIpc) is 2.12. The summed E-state index contributed by atoms with van der Waals surface area (Å²) in [6, 6.07) is 0. The Morgan fingerprint density at radius 1 is 1.57 bits per heavy atom. The lowest BCUT2D eigenvalue weighted by atomic mass is 10.3. The van der Waals surface area contributed by atoms with Crippen LogP contribution in [0.25, 0.3) is 0 Å². The van der Waals surface area contributed by atoms with Crippen LogP contribution in [-0.4, -0.2) is 42.6 Å². The van der Waals surface area contributed by atoms with Gasteiger partial charge < -0.3 is 10.6 Å². The van der Waals surface area contributed by atoms with Crippen molar-refractivity contribution in [3.8, 4) is 0 Å². The number of carbonyl (C=O) groups is 1. The van der Waals surface area contributed by atoms with Crippen molar-refractivity contribution in [2.75, 3.05) is 20.8 Å². The molecule has 84 valence electrons. The Morgan fingerprint density at radius 3 is 2.29 bits per heavy atom. The van der Waals surface area contributed by atoms with E-state index in [9.17, 15) is 4.79 Å². The van der Waals surface area contributed by atoms with Crippen LogP contribution in [-0.2, 0) is 4.79 Å². The van der Waals surface area contributed by atoms with Gasteiger partial charge in [-0.15, -0.1) is 12.4 Å². The molecule has 0 aliphatic carbocycles. The Morgan fingerprint density at radius 2 is 2.07 bits per heavy atom. The number of hydrogen-bond donors (Lipinski definition) is 1. The summed E-state index contributed by atoms with van der Waals surface area (Å²) in [6.45, 7) is 5.68. The molecule has 0 aliphatic heterocycles. The highest BCUT2D eigenvalue weighted by molar-refractivity contribution is 5.87. The predicted molar refractivity (Wildman–Crippen MR) is 61.1 cm³/mol. The van der Waals surface area contributed by atoms with Gasteiger partial charge in [-0.3, -0.25) is 9.69 Å². The summed E-state index contributed by atoms with van der Waals surface area (Å²) in [5.41, 5.74) is 5.49. The summed E-state index contributed by atoms with van der Waals surface area (Å²) in [7, 11) is 3.85. The van der Waals surface area contributed by atoms with Crippen LogP contribution in [0, 0.1) is 0 Å². The fraction of sp³-hybridized carbons (Fsp3) is 0.667. The molecule has 0 aliphatic rings. The summed E-state index contributed by atoms with van der Waals surface area (Å²) in [5, 5.41) is 0. The van der Waals surface area contributed by atoms with Gasteiger partial charge in [0.1, 0.15) is 0 Å². The first-order valence-electron chi connectivity index (χ1n) is 4.38. The van der Waals surface area contributed by atoms with Crippen LogP contribution in [0.5, 0.6) is 0 Å². The number of nitrogens with two attached hydrogens (primary N) is 1. The molecule has 4 nitrogen and oxygen atoms in total. The zero-order valence-electron chi connectivity index (χ0n) is 9.06. The Hall–Kier alpha value is -0.580. The third kappa shape index (κ3) is 4.09. The summed E-state index contributed by atoms with van der Waals surface area (Å²) in [4.78, 5) is 14.9. The van der Waals surface area contributed by atoms with Crippen LogP contribution in [0.4, 0.5) is 0 Å². The molecule has 0 aromatic carbocycles. The van der Waals surface area contributed by atoms with Gasteiger partial charge in [0, 0.05) is 0 Å². The van der Waals surface area contributed by atoms with Crippen molar-refractivity contribution in [1.82, 2.24) is 9.80 Å². The fourth-order valence-corrected chi connectivity index (χ4v) is 1.34. The number of halogens is 1. The molecule has 0 fully saturated rings. The molecule has 0 saturated carbocycles. The summed E-state index contributed by atoms with van der Waals surface area (Å²) in [6.07, 6.45) is 2.19. The van der Waals surface area contributed by atoms with Gasteiger partial charge in [-0.2, -0.15) is 0 Å². The number of amides is 1. The van der Waals surface area contributed by atoms with Gasteiger partial charge in [0.05, 0.1) is 12.8 Å². The van der Waals surface area contributed by atoms with Crippen LogP contribution in [0.15, 0.2) is 12.7 Å². The van der Waals surface area contributed by atoms with E-state index < -0.39 is 0 Å². The minimum atomic E-state index is -0.122. The number of hydrogen-bond acceptors (Lipinski definition) is 3. The first-order valence-corrected chi connectivity index (χ1v) is 4.38. The molecule has 1 atom stereocenters. The molecule has 0 radical (unpaired) electrons. The van der Waals surface area contributed by atoms with Crippen molar-refractivity contribution in [1.29, 1.82) is 0 Å². The molecule has 0 rings (SSSR count). The normalized spacial score (nSPS) is 11.8. The molecule has 2 N–H and O–H groups in total. The SMILES string of the molecule is C=CC(=O)N(CN)C(CC)N(C)C.Cl. The predicted octanol–water partition coefficient (Wildman–Crippen LogP) is 0.637. The second-order valence-corrected chi connectivity index (χ2v) is 3.05. The van der Waals surface area contributed by atoms with Gasteiger partial charge in [0.2, 0.25) is 5.91 Å². The van der Waals surface area contributed by atoms with E-state index >= 15 is 0 Å². The van der Waals surface area contributed by atoms with E-state index in [1.54, 1.807) is 4.90 Å². The van der Waals surface area contributed by atoms with E-state index in [0.717, 1.165) is 6.42 Å². The first kappa shape index (κ1) is 15.9.